The van der Waals surface area contributed by atoms with Gasteiger partial charge < -0.3 is 20.5 Å². The Bertz CT molecular complexity index is 1570. The van der Waals surface area contributed by atoms with Crippen molar-refractivity contribution in [2.75, 3.05) is 5.32 Å². The standard InChI is InChI=1S/C36H37BrN2O5/c1-3-10-26(11-4-2)35(42)38-31-21-20-27(37)22-30(31)36(43)39-32(23-34(40)41)25-18-16-24(17-19-25)29-14-8-9-15-33(29)44-28-12-6-5-7-13-28/h5-9,12-22,26,32H,3-4,10-11,23H2,1-2H3,(H,38,42)(H,39,43)(H,40,41). The molecule has 4 aromatic carbocycles. The summed E-state index contributed by atoms with van der Waals surface area (Å²) in [7, 11) is 0. The van der Waals surface area contributed by atoms with Crippen molar-refractivity contribution in [1.82, 2.24) is 5.32 Å². The van der Waals surface area contributed by atoms with E-state index in [2.05, 4.69) is 26.6 Å². The van der Waals surface area contributed by atoms with Gasteiger partial charge in [-0.15, -0.1) is 0 Å². The monoisotopic (exact) mass is 656 g/mol. The van der Waals surface area contributed by atoms with Crippen molar-refractivity contribution < 1.29 is 24.2 Å². The number of carboxylic acids is 1. The van der Waals surface area contributed by atoms with E-state index in [1.807, 2.05) is 92.7 Å². The van der Waals surface area contributed by atoms with Gasteiger partial charge in [-0.25, -0.2) is 0 Å². The summed E-state index contributed by atoms with van der Waals surface area (Å²) in [4.78, 5) is 38.5. The zero-order valence-corrected chi connectivity index (χ0v) is 26.5. The zero-order valence-electron chi connectivity index (χ0n) is 24.9. The van der Waals surface area contributed by atoms with Gasteiger partial charge in [0.25, 0.3) is 5.91 Å². The number of hydrogen-bond acceptors (Lipinski definition) is 4. The first kappa shape index (κ1) is 32.5. The van der Waals surface area contributed by atoms with E-state index < -0.39 is 17.9 Å². The minimum atomic E-state index is -1.05. The molecule has 0 spiro atoms. The molecule has 0 bridgehead atoms. The molecule has 0 heterocycles. The number of hydrogen-bond donors (Lipinski definition) is 3. The summed E-state index contributed by atoms with van der Waals surface area (Å²) >= 11 is 3.42. The minimum absolute atomic E-state index is 0.126. The van der Waals surface area contributed by atoms with Gasteiger partial charge in [0.2, 0.25) is 5.91 Å². The van der Waals surface area contributed by atoms with Crippen molar-refractivity contribution >= 4 is 39.4 Å². The quantitative estimate of drug-likeness (QED) is 0.126. The van der Waals surface area contributed by atoms with Crippen LogP contribution in [-0.4, -0.2) is 22.9 Å². The van der Waals surface area contributed by atoms with E-state index in [1.165, 1.54) is 0 Å². The lowest BCUT2D eigenvalue weighted by Gasteiger charge is -2.21. The molecule has 0 radical (unpaired) electrons. The fourth-order valence-corrected chi connectivity index (χ4v) is 5.48. The average Bonchev–Trinajstić information content (AvgIpc) is 3.02. The highest BCUT2D eigenvalue weighted by Crippen LogP contribution is 2.34. The zero-order chi connectivity index (χ0) is 31.5. The summed E-state index contributed by atoms with van der Waals surface area (Å²) in [6.45, 7) is 4.09. The van der Waals surface area contributed by atoms with Crippen molar-refractivity contribution in [3.63, 3.8) is 0 Å². The molecular weight excluding hydrogens is 620 g/mol. The summed E-state index contributed by atoms with van der Waals surface area (Å²) in [6.07, 6.45) is 2.97. The molecule has 0 aliphatic rings. The molecule has 0 saturated carbocycles. The number of aliphatic carboxylic acids is 1. The van der Waals surface area contributed by atoms with Crippen LogP contribution in [-0.2, 0) is 9.59 Å². The fraction of sp³-hybridized carbons (Fsp3) is 0.250. The lowest BCUT2D eigenvalue weighted by atomic mass is 9.97. The summed E-state index contributed by atoms with van der Waals surface area (Å²) in [5.74, 6) is -0.404. The van der Waals surface area contributed by atoms with Gasteiger partial charge in [0.05, 0.1) is 23.7 Å². The molecule has 0 aromatic heterocycles. The molecule has 0 fully saturated rings. The number of halogens is 1. The number of carbonyl (C=O) groups is 3. The molecular formula is C36H37BrN2O5. The van der Waals surface area contributed by atoms with Crippen LogP contribution in [0.15, 0.2) is 102 Å². The lowest BCUT2D eigenvalue weighted by Crippen LogP contribution is -2.31. The van der Waals surface area contributed by atoms with Crippen LogP contribution < -0.4 is 15.4 Å². The number of anilines is 1. The van der Waals surface area contributed by atoms with E-state index in [0.717, 1.165) is 42.6 Å². The Hall–Kier alpha value is -4.43. The van der Waals surface area contributed by atoms with Gasteiger partial charge in [0.1, 0.15) is 11.5 Å². The number of carboxylic acid groups (broad SMARTS) is 1. The third-order valence-corrected chi connectivity index (χ3v) is 7.79. The second kappa shape index (κ2) is 15.9. The fourth-order valence-electron chi connectivity index (χ4n) is 5.12. The van der Waals surface area contributed by atoms with Crippen LogP contribution in [0.2, 0.25) is 0 Å². The van der Waals surface area contributed by atoms with Gasteiger partial charge in [-0.2, -0.15) is 0 Å². The van der Waals surface area contributed by atoms with Crippen LogP contribution in [0.25, 0.3) is 11.1 Å². The van der Waals surface area contributed by atoms with Crippen molar-refractivity contribution in [3.8, 4) is 22.6 Å². The third kappa shape index (κ3) is 8.80. The molecule has 0 aliphatic carbocycles. The summed E-state index contributed by atoms with van der Waals surface area (Å²) in [5.41, 5.74) is 3.02. The predicted molar refractivity (Wildman–Crippen MR) is 177 cm³/mol. The number of ether oxygens (including phenoxy) is 1. The van der Waals surface area contributed by atoms with Crippen molar-refractivity contribution in [2.45, 2.75) is 52.0 Å². The van der Waals surface area contributed by atoms with E-state index in [1.54, 1.807) is 18.2 Å². The molecule has 4 aromatic rings. The lowest BCUT2D eigenvalue weighted by molar-refractivity contribution is -0.137. The maximum absolute atomic E-state index is 13.6. The number of para-hydroxylation sites is 2. The molecule has 2 amide bonds. The Labute approximate surface area is 266 Å². The van der Waals surface area contributed by atoms with E-state index in [-0.39, 0.29) is 23.8 Å². The highest BCUT2D eigenvalue weighted by atomic mass is 79.9. The van der Waals surface area contributed by atoms with Gasteiger partial charge in [0.15, 0.2) is 0 Å². The predicted octanol–water partition coefficient (Wildman–Crippen LogP) is 9.01. The number of amides is 2. The summed E-state index contributed by atoms with van der Waals surface area (Å²) < 4.78 is 6.78. The third-order valence-electron chi connectivity index (χ3n) is 7.30. The molecule has 3 N–H and O–H groups in total. The smallest absolute Gasteiger partial charge is 0.305 e. The SMILES string of the molecule is CCCC(CCC)C(=O)Nc1ccc(Br)cc1C(=O)NC(CC(=O)O)c1ccc(-c2ccccc2Oc2ccccc2)cc1. The van der Waals surface area contributed by atoms with Gasteiger partial charge in [0, 0.05) is 16.0 Å². The summed E-state index contributed by atoms with van der Waals surface area (Å²) in [5, 5.41) is 15.5. The normalized spacial score (nSPS) is 11.5. The Morgan fingerprint density at radius 2 is 1.50 bits per heavy atom. The maximum Gasteiger partial charge on any atom is 0.305 e. The Morgan fingerprint density at radius 3 is 2.16 bits per heavy atom. The van der Waals surface area contributed by atoms with Crippen LogP contribution >= 0.6 is 15.9 Å². The highest BCUT2D eigenvalue weighted by molar-refractivity contribution is 9.10. The molecule has 228 valence electrons. The second-order valence-corrected chi connectivity index (χ2v) is 11.5. The average molecular weight is 658 g/mol. The summed E-state index contributed by atoms with van der Waals surface area (Å²) in [6, 6.07) is 28.8. The van der Waals surface area contributed by atoms with Gasteiger partial charge in [-0.1, -0.05) is 103 Å². The van der Waals surface area contributed by atoms with Crippen molar-refractivity contribution in [1.29, 1.82) is 0 Å². The van der Waals surface area contributed by atoms with E-state index in [4.69, 9.17) is 4.74 Å². The second-order valence-electron chi connectivity index (χ2n) is 10.6. The first-order chi connectivity index (χ1) is 21.3. The van der Waals surface area contributed by atoms with E-state index in [9.17, 15) is 19.5 Å². The Morgan fingerprint density at radius 1 is 0.841 bits per heavy atom. The van der Waals surface area contributed by atoms with E-state index in [0.29, 0.717) is 21.5 Å². The van der Waals surface area contributed by atoms with Crippen LogP contribution in [0.5, 0.6) is 11.5 Å². The van der Waals surface area contributed by atoms with Gasteiger partial charge in [-0.05, 0) is 60.4 Å². The number of carbonyl (C=O) groups excluding carboxylic acids is 2. The first-order valence-electron chi connectivity index (χ1n) is 14.8. The highest BCUT2D eigenvalue weighted by Gasteiger charge is 2.23. The number of rotatable bonds is 14. The molecule has 8 heteroatoms. The van der Waals surface area contributed by atoms with Crippen LogP contribution in [0.3, 0.4) is 0 Å². The number of nitrogens with one attached hydrogen (secondary N) is 2. The molecule has 0 aliphatic heterocycles. The number of benzene rings is 4. The van der Waals surface area contributed by atoms with Crippen LogP contribution in [0, 0.1) is 5.92 Å². The first-order valence-corrected chi connectivity index (χ1v) is 15.6. The molecule has 4 rings (SSSR count). The Kier molecular flexibility index (Phi) is 11.7. The Balaban J connectivity index is 1.57. The molecule has 1 atom stereocenters. The molecule has 1 unspecified atom stereocenters. The van der Waals surface area contributed by atoms with Crippen LogP contribution in [0.4, 0.5) is 5.69 Å². The molecule has 7 nitrogen and oxygen atoms in total. The largest absolute Gasteiger partial charge is 0.481 e. The van der Waals surface area contributed by atoms with E-state index >= 15 is 0 Å². The topological polar surface area (TPSA) is 105 Å². The molecule has 0 saturated heterocycles. The van der Waals surface area contributed by atoms with Crippen molar-refractivity contribution in [2.24, 2.45) is 5.92 Å². The van der Waals surface area contributed by atoms with Gasteiger partial charge in [-0.3, -0.25) is 14.4 Å². The van der Waals surface area contributed by atoms with Gasteiger partial charge >= 0.3 is 5.97 Å². The minimum Gasteiger partial charge on any atom is -0.481 e. The molecule has 44 heavy (non-hydrogen) atoms. The van der Waals surface area contributed by atoms with Crippen molar-refractivity contribution in [3.05, 3.63) is 113 Å². The van der Waals surface area contributed by atoms with Crippen LogP contribution in [0.1, 0.15) is 67.9 Å². The maximum atomic E-state index is 13.6.